The summed E-state index contributed by atoms with van der Waals surface area (Å²) in [4.78, 5) is 13.0. The van der Waals surface area contributed by atoms with Gasteiger partial charge in [0.15, 0.2) is 0 Å². The van der Waals surface area contributed by atoms with Crippen molar-refractivity contribution in [1.82, 2.24) is 13.5 Å². The van der Waals surface area contributed by atoms with Gasteiger partial charge in [-0.05, 0) is 30.7 Å². The highest BCUT2D eigenvalue weighted by Gasteiger charge is 2.15. The summed E-state index contributed by atoms with van der Waals surface area (Å²) >= 11 is 8.70. The van der Waals surface area contributed by atoms with Crippen LogP contribution in [0.25, 0.3) is 0 Å². The Morgan fingerprint density at radius 2 is 2.33 bits per heavy atom. The molecular weight excluding hydrogens is 374 g/mol. The number of halogens is 1. The molecular formula is C13H14BrN3O2S2. The molecule has 0 aliphatic heterocycles. The number of benzene rings is 1. The quantitative estimate of drug-likeness (QED) is 0.453. The van der Waals surface area contributed by atoms with Crippen LogP contribution in [0.3, 0.4) is 0 Å². The maximum atomic E-state index is 12.0. The molecule has 0 bridgehead atoms. The summed E-state index contributed by atoms with van der Waals surface area (Å²) in [7, 11) is 0. The van der Waals surface area contributed by atoms with E-state index in [2.05, 4.69) is 45.3 Å². The SMILES string of the molecule is CCSc1cccc(C(=O)NBr)c1COc1ccn(S)n1. The van der Waals surface area contributed by atoms with Crippen LogP contribution in [0.4, 0.5) is 0 Å². The molecule has 2 aromatic rings. The van der Waals surface area contributed by atoms with Crippen LogP contribution in [0.1, 0.15) is 22.8 Å². The van der Waals surface area contributed by atoms with E-state index < -0.39 is 0 Å². The Morgan fingerprint density at radius 1 is 1.52 bits per heavy atom. The zero-order chi connectivity index (χ0) is 15.2. The second-order valence-electron chi connectivity index (χ2n) is 4.00. The van der Waals surface area contributed by atoms with Crippen LogP contribution in [0, 0.1) is 0 Å². The molecule has 0 unspecified atom stereocenters. The first-order valence-electron chi connectivity index (χ1n) is 6.19. The van der Waals surface area contributed by atoms with E-state index in [1.165, 1.54) is 4.09 Å². The van der Waals surface area contributed by atoms with Crippen LogP contribution in [0.2, 0.25) is 0 Å². The lowest BCUT2D eigenvalue weighted by atomic mass is 10.1. The molecule has 1 aromatic carbocycles. The Balaban J connectivity index is 2.27. The number of rotatable bonds is 6. The van der Waals surface area contributed by atoms with E-state index in [1.807, 2.05) is 12.1 Å². The van der Waals surface area contributed by atoms with Gasteiger partial charge in [-0.3, -0.25) is 9.14 Å². The Kier molecular flexibility index (Phi) is 6.01. The topological polar surface area (TPSA) is 56.1 Å². The lowest BCUT2D eigenvalue weighted by Crippen LogP contribution is -2.16. The summed E-state index contributed by atoms with van der Waals surface area (Å²) in [6, 6.07) is 7.33. The number of nitrogens with one attached hydrogen (secondary N) is 1. The Bertz CT molecular complexity index is 634. The molecule has 1 amide bonds. The summed E-state index contributed by atoms with van der Waals surface area (Å²) in [5.74, 6) is 1.18. The van der Waals surface area contributed by atoms with Crippen molar-refractivity contribution in [2.75, 3.05) is 5.75 Å². The van der Waals surface area contributed by atoms with Crippen LogP contribution < -0.4 is 9.08 Å². The number of hydrogen-bond donors (Lipinski definition) is 2. The number of thiol groups is 1. The number of nitrogens with zero attached hydrogens (tertiary/aromatic N) is 2. The molecule has 0 aliphatic rings. The van der Waals surface area contributed by atoms with Gasteiger partial charge >= 0.3 is 0 Å². The highest BCUT2D eigenvalue weighted by molar-refractivity contribution is 9.08. The van der Waals surface area contributed by atoms with E-state index in [0.717, 1.165) is 16.2 Å². The molecule has 1 heterocycles. The summed E-state index contributed by atoms with van der Waals surface area (Å²) in [6.07, 6.45) is 1.68. The van der Waals surface area contributed by atoms with E-state index in [-0.39, 0.29) is 12.5 Å². The van der Waals surface area contributed by atoms with Gasteiger partial charge in [0.25, 0.3) is 5.91 Å². The van der Waals surface area contributed by atoms with Crippen molar-refractivity contribution in [2.24, 2.45) is 0 Å². The molecule has 0 atom stereocenters. The zero-order valence-electron chi connectivity index (χ0n) is 11.2. The number of hydrogen-bond acceptors (Lipinski definition) is 5. The first kappa shape index (κ1) is 16.3. The minimum atomic E-state index is -0.202. The summed E-state index contributed by atoms with van der Waals surface area (Å²) in [5, 5.41) is 4.04. The van der Waals surface area contributed by atoms with Crippen molar-refractivity contribution < 1.29 is 9.53 Å². The second kappa shape index (κ2) is 7.77. The minimum absolute atomic E-state index is 0.202. The second-order valence-corrected chi connectivity index (χ2v) is 6.11. The predicted molar refractivity (Wildman–Crippen MR) is 90.2 cm³/mol. The number of aromatic nitrogens is 2. The van der Waals surface area contributed by atoms with Crippen molar-refractivity contribution in [2.45, 2.75) is 18.4 Å². The molecule has 21 heavy (non-hydrogen) atoms. The van der Waals surface area contributed by atoms with Gasteiger partial charge in [0, 0.05) is 44.4 Å². The van der Waals surface area contributed by atoms with Crippen LogP contribution in [-0.2, 0) is 6.61 Å². The lowest BCUT2D eigenvalue weighted by molar-refractivity contribution is 0.0983. The van der Waals surface area contributed by atoms with Crippen LogP contribution in [-0.4, -0.2) is 20.8 Å². The average molecular weight is 388 g/mol. The molecule has 5 nitrogen and oxygen atoms in total. The van der Waals surface area contributed by atoms with E-state index in [4.69, 9.17) is 4.74 Å². The smallest absolute Gasteiger partial charge is 0.261 e. The fraction of sp³-hybridized carbons (Fsp3) is 0.231. The van der Waals surface area contributed by atoms with Crippen molar-refractivity contribution >= 4 is 46.6 Å². The highest BCUT2D eigenvalue weighted by Crippen LogP contribution is 2.27. The van der Waals surface area contributed by atoms with Gasteiger partial charge in [-0.1, -0.05) is 13.0 Å². The van der Waals surface area contributed by atoms with E-state index >= 15 is 0 Å². The molecule has 0 spiro atoms. The van der Waals surface area contributed by atoms with Gasteiger partial charge < -0.3 is 4.74 Å². The first-order chi connectivity index (χ1) is 10.2. The van der Waals surface area contributed by atoms with Gasteiger partial charge in [0.2, 0.25) is 5.88 Å². The number of carbonyl (C=O) groups is 1. The maximum Gasteiger partial charge on any atom is 0.261 e. The molecule has 2 rings (SSSR count). The molecule has 0 radical (unpaired) electrons. The number of carbonyl (C=O) groups excluding carboxylic acids is 1. The molecule has 0 saturated heterocycles. The van der Waals surface area contributed by atoms with Crippen molar-refractivity contribution in [3.63, 3.8) is 0 Å². The maximum absolute atomic E-state index is 12.0. The fourth-order valence-corrected chi connectivity index (χ4v) is 2.99. The van der Waals surface area contributed by atoms with Crippen molar-refractivity contribution in [3.05, 3.63) is 41.6 Å². The average Bonchev–Trinajstić information content (AvgIpc) is 2.91. The molecule has 0 aliphatic carbocycles. The molecule has 8 heteroatoms. The number of thioether (sulfide) groups is 1. The normalized spacial score (nSPS) is 10.4. The van der Waals surface area contributed by atoms with Crippen LogP contribution in [0.15, 0.2) is 35.4 Å². The molecule has 0 fully saturated rings. The van der Waals surface area contributed by atoms with E-state index in [1.54, 1.807) is 30.1 Å². The Hall–Kier alpha value is -1.12. The van der Waals surface area contributed by atoms with E-state index in [9.17, 15) is 4.79 Å². The van der Waals surface area contributed by atoms with Crippen LogP contribution in [0.5, 0.6) is 5.88 Å². The third kappa shape index (κ3) is 4.18. The number of ether oxygens (including phenoxy) is 1. The zero-order valence-corrected chi connectivity index (χ0v) is 14.5. The third-order valence-electron chi connectivity index (χ3n) is 2.68. The Labute approximate surface area is 141 Å². The van der Waals surface area contributed by atoms with Crippen molar-refractivity contribution in [3.8, 4) is 5.88 Å². The molecule has 112 valence electrons. The summed E-state index contributed by atoms with van der Waals surface area (Å²) in [6.45, 7) is 2.33. The fourth-order valence-electron chi connectivity index (χ4n) is 1.79. The van der Waals surface area contributed by atoms with Gasteiger partial charge in [-0.25, -0.2) is 4.09 Å². The summed E-state index contributed by atoms with van der Waals surface area (Å²) < 4.78 is 9.48. The van der Waals surface area contributed by atoms with Crippen LogP contribution >= 0.6 is 40.7 Å². The minimum Gasteiger partial charge on any atom is -0.472 e. The monoisotopic (exact) mass is 387 g/mol. The largest absolute Gasteiger partial charge is 0.472 e. The molecule has 0 saturated carbocycles. The summed E-state index contributed by atoms with van der Waals surface area (Å²) in [5.41, 5.74) is 1.42. The molecule has 1 N–H and O–H groups in total. The van der Waals surface area contributed by atoms with Gasteiger partial charge in [0.1, 0.15) is 6.61 Å². The number of amides is 1. The standard InChI is InChI=1S/C13H14BrN3O2S2/c1-2-21-11-5-3-4-9(13(18)15-14)10(11)8-19-12-6-7-17(20)16-12/h3-7,20H,2,8H2,1H3,(H,15,18). The lowest BCUT2D eigenvalue weighted by Gasteiger charge is -2.13. The molecule has 1 aromatic heterocycles. The first-order valence-corrected chi connectivity index (χ1v) is 8.37. The third-order valence-corrected chi connectivity index (χ3v) is 4.24. The van der Waals surface area contributed by atoms with Gasteiger partial charge in [-0.2, -0.15) is 0 Å². The van der Waals surface area contributed by atoms with Gasteiger partial charge in [-0.15, -0.1) is 16.9 Å². The van der Waals surface area contributed by atoms with E-state index in [0.29, 0.717) is 11.4 Å². The Morgan fingerprint density at radius 3 is 2.95 bits per heavy atom. The highest BCUT2D eigenvalue weighted by atomic mass is 79.9. The van der Waals surface area contributed by atoms with Gasteiger partial charge in [0.05, 0.1) is 0 Å². The predicted octanol–water partition coefficient (Wildman–Crippen LogP) is 3.31. The van der Waals surface area contributed by atoms with Crippen molar-refractivity contribution in [1.29, 1.82) is 0 Å².